The Labute approximate surface area is 103 Å². The highest BCUT2D eigenvalue weighted by Gasteiger charge is 2.13. The molecule has 0 aliphatic rings. The number of nitro groups is 1. The molecular weight excluding hydrogens is 236 g/mol. The highest BCUT2D eigenvalue weighted by Crippen LogP contribution is 2.27. The normalized spacial score (nSPS) is 12.4. The Balaban J connectivity index is 2.25. The Morgan fingerprint density at radius 3 is 2.47 bits per heavy atom. The lowest BCUT2D eigenvalue weighted by Gasteiger charge is -2.07. The zero-order chi connectivity index (χ0) is 12.4. The third kappa shape index (κ3) is 2.50. The topological polar surface area (TPSA) is 56.0 Å². The third-order valence-corrected chi connectivity index (χ3v) is 3.76. The van der Waals surface area contributed by atoms with Crippen molar-refractivity contribution in [1.29, 1.82) is 0 Å². The first-order valence-corrected chi connectivity index (χ1v) is 6.12. The molecule has 17 heavy (non-hydrogen) atoms. The van der Waals surface area contributed by atoms with Gasteiger partial charge in [0.1, 0.15) is 0 Å². The summed E-state index contributed by atoms with van der Waals surface area (Å²) in [6.45, 7) is 4.02. The van der Waals surface area contributed by atoms with Gasteiger partial charge in [-0.1, -0.05) is 19.1 Å². The number of hydrogen-bond acceptors (Lipinski definition) is 4. The van der Waals surface area contributed by atoms with Crippen molar-refractivity contribution in [2.45, 2.75) is 19.8 Å². The van der Waals surface area contributed by atoms with Crippen LogP contribution in [0.4, 0.5) is 5.69 Å². The number of rotatable bonds is 3. The largest absolute Gasteiger partial charge is 0.269 e. The van der Waals surface area contributed by atoms with E-state index in [9.17, 15) is 10.1 Å². The number of aromatic nitrogens is 1. The van der Waals surface area contributed by atoms with E-state index < -0.39 is 0 Å². The first-order valence-electron chi connectivity index (χ1n) is 5.24. The van der Waals surface area contributed by atoms with E-state index in [4.69, 9.17) is 0 Å². The fourth-order valence-corrected chi connectivity index (χ4v) is 2.48. The molecule has 4 nitrogen and oxygen atoms in total. The molecular formula is C12H12N2O2S. The smallest absolute Gasteiger partial charge is 0.258 e. The maximum Gasteiger partial charge on any atom is 0.269 e. The molecule has 0 saturated carbocycles. The van der Waals surface area contributed by atoms with Crippen LogP contribution in [0.3, 0.4) is 0 Å². The van der Waals surface area contributed by atoms with Crippen LogP contribution in [0.5, 0.6) is 0 Å². The molecule has 0 spiro atoms. The van der Waals surface area contributed by atoms with E-state index >= 15 is 0 Å². The Kier molecular flexibility index (Phi) is 3.19. The van der Waals surface area contributed by atoms with Gasteiger partial charge in [-0.05, 0) is 12.5 Å². The van der Waals surface area contributed by atoms with Crippen molar-refractivity contribution < 1.29 is 4.92 Å². The molecule has 0 saturated heterocycles. The molecule has 1 unspecified atom stereocenters. The van der Waals surface area contributed by atoms with Crippen molar-refractivity contribution in [3.63, 3.8) is 0 Å². The van der Waals surface area contributed by atoms with E-state index in [1.165, 1.54) is 12.1 Å². The summed E-state index contributed by atoms with van der Waals surface area (Å²) in [5.74, 6) is 0.175. The number of benzene rings is 1. The summed E-state index contributed by atoms with van der Waals surface area (Å²) < 4.78 is 0. The Morgan fingerprint density at radius 1 is 1.35 bits per heavy atom. The molecule has 0 amide bonds. The zero-order valence-corrected chi connectivity index (χ0v) is 10.4. The minimum Gasteiger partial charge on any atom is -0.258 e. The number of non-ortho nitro benzene ring substituents is 1. The van der Waals surface area contributed by atoms with Gasteiger partial charge in [-0.3, -0.25) is 10.1 Å². The second kappa shape index (κ2) is 4.63. The van der Waals surface area contributed by atoms with E-state index in [2.05, 4.69) is 11.9 Å². The van der Waals surface area contributed by atoms with Gasteiger partial charge in [0.25, 0.3) is 5.69 Å². The maximum absolute atomic E-state index is 10.6. The SMILES string of the molecule is Cc1csc(C(C)c2ccc([N+](=O)[O-])cc2)n1. The molecule has 1 aromatic carbocycles. The van der Waals surface area contributed by atoms with Crippen LogP contribution in [0.25, 0.3) is 0 Å². The van der Waals surface area contributed by atoms with Crippen LogP contribution in [0, 0.1) is 17.0 Å². The highest BCUT2D eigenvalue weighted by atomic mass is 32.1. The lowest BCUT2D eigenvalue weighted by atomic mass is 10.0. The molecule has 0 fully saturated rings. The second-order valence-electron chi connectivity index (χ2n) is 3.90. The Morgan fingerprint density at radius 2 is 2.00 bits per heavy atom. The van der Waals surface area contributed by atoms with Crippen LogP contribution in [-0.2, 0) is 0 Å². The summed E-state index contributed by atoms with van der Waals surface area (Å²) in [6.07, 6.45) is 0. The van der Waals surface area contributed by atoms with Gasteiger partial charge in [0.15, 0.2) is 0 Å². The monoisotopic (exact) mass is 248 g/mol. The summed E-state index contributed by atoms with van der Waals surface area (Å²) >= 11 is 1.62. The Bertz CT molecular complexity index is 534. The number of nitrogens with zero attached hydrogens (tertiary/aromatic N) is 2. The molecule has 0 N–H and O–H groups in total. The van der Waals surface area contributed by atoms with E-state index in [1.54, 1.807) is 23.5 Å². The number of thiazole rings is 1. The van der Waals surface area contributed by atoms with Crippen molar-refractivity contribution in [3.8, 4) is 0 Å². The van der Waals surface area contributed by atoms with E-state index in [-0.39, 0.29) is 16.5 Å². The number of aryl methyl sites for hydroxylation is 1. The lowest BCUT2D eigenvalue weighted by molar-refractivity contribution is -0.384. The summed E-state index contributed by atoms with van der Waals surface area (Å²) in [5.41, 5.74) is 2.18. The molecule has 1 atom stereocenters. The molecule has 5 heteroatoms. The molecule has 2 aromatic rings. The van der Waals surface area contributed by atoms with Gasteiger partial charge in [-0.2, -0.15) is 0 Å². The van der Waals surface area contributed by atoms with E-state index in [0.29, 0.717) is 0 Å². The first-order chi connectivity index (χ1) is 8.08. The highest BCUT2D eigenvalue weighted by molar-refractivity contribution is 7.09. The van der Waals surface area contributed by atoms with Crippen LogP contribution >= 0.6 is 11.3 Å². The average molecular weight is 248 g/mol. The van der Waals surface area contributed by atoms with Gasteiger partial charge in [0.05, 0.1) is 9.93 Å². The fraction of sp³-hybridized carbons (Fsp3) is 0.250. The lowest BCUT2D eigenvalue weighted by Crippen LogP contribution is -1.96. The van der Waals surface area contributed by atoms with Gasteiger partial charge in [0.2, 0.25) is 0 Å². The molecule has 0 bridgehead atoms. The average Bonchev–Trinajstić information content (AvgIpc) is 2.75. The van der Waals surface area contributed by atoms with Gasteiger partial charge in [0, 0.05) is 29.1 Å². The van der Waals surface area contributed by atoms with Crippen molar-refractivity contribution >= 4 is 17.0 Å². The maximum atomic E-state index is 10.6. The minimum atomic E-state index is -0.387. The van der Waals surface area contributed by atoms with Crippen LogP contribution in [-0.4, -0.2) is 9.91 Å². The second-order valence-corrected chi connectivity index (χ2v) is 4.79. The molecule has 0 radical (unpaired) electrons. The standard InChI is InChI=1S/C12H12N2O2S/c1-8-7-17-12(13-8)9(2)10-3-5-11(6-4-10)14(15)16/h3-7,9H,1-2H3. The summed E-state index contributed by atoms with van der Waals surface area (Å²) in [6, 6.07) is 6.65. The van der Waals surface area contributed by atoms with Crippen molar-refractivity contribution in [3.05, 3.63) is 56.0 Å². The van der Waals surface area contributed by atoms with Gasteiger partial charge in [-0.25, -0.2) is 4.98 Å². The van der Waals surface area contributed by atoms with Crippen molar-refractivity contribution in [1.82, 2.24) is 4.98 Å². The third-order valence-electron chi connectivity index (χ3n) is 2.61. The van der Waals surface area contributed by atoms with Gasteiger partial charge < -0.3 is 0 Å². The van der Waals surface area contributed by atoms with E-state index in [0.717, 1.165) is 16.3 Å². The minimum absolute atomic E-state index is 0.122. The summed E-state index contributed by atoms with van der Waals surface area (Å²) in [7, 11) is 0. The fourth-order valence-electron chi connectivity index (χ4n) is 1.60. The van der Waals surface area contributed by atoms with Gasteiger partial charge in [-0.15, -0.1) is 11.3 Å². The molecule has 1 heterocycles. The molecule has 0 aliphatic heterocycles. The van der Waals surface area contributed by atoms with Crippen LogP contribution in [0.1, 0.15) is 29.1 Å². The Hall–Kier alpha value is -1.75. The van der Waals surface area contributed by atoms with Crippen LogP contribution in [0.2, 0.25) is 0 Å². The number of hydrogen-bond donors (Lipinski definition) is 0. The van der Waals surface area contributed by atoms with Crippen molar-refractivity contribution in [2.24, 2.45) is 0 Å². The zero-order valence-electron chi connectivity index (χ0n) is 9.58. The van der Waals surface area contributed by atoms with Crippen LogP contribution in [0.15, 0.2) is 29.6 Å². The predicted octanol–water partition coefficient (Wildman–Crippen LogP) is 3.51. The molecule has 2 rings (SSSR count). The summed E-state index contributed by atoms with van der Waals surface area (Å²) in [4.78, 5) is 14.6. The molecule has 88 valence electrons. The molecule has 0 aliphatic carbocycles. The number of nitro benzene ring substituents is 1. The van der Waals surface area contributed by atoms with E-state index in [1.807, 2.05) is 12.3 Å². The van der Waals surface area contributed by atoms with Crippen LogP contribution < -0.4 is 0 Å². The quantitative estimate of drug-likeness (QED) is 0.617. The predicted molar refractivity (Wildman–Crippen MR) is 67.5 cm³/mol. The van der Waals surface area contributed by atoms with Gasteiger partial charge >= 0.3 is 0 Å². The van der Waals surface area contributed by atoms with Crippen molar-refractivity contribution in [2.75, 3.05) is 0 Å². The molecule has 1 aromatic heterocycles. The first kappa shape index (κ1) is 11.7. The summed E-state index contributed by atoms with van der Waals surface area (Å²) in [5, 5.41) is 13.6.